The first kappa shape index (κ1) is 7.92. The second kappa shape index (κ2) is 2.98. The van der Waals surface area contributed by atoms with Crippen LogP contribution < -0.4 is 0 Å². The lowest BCUT2D eigenvalue weighted by atomic mass is 10.1. The second-order valence-electron chi connectivity index (χ2n) is 3.01. The van der Waals surface area contributed by atoms with Gasteiger partial charge in [0.1, 0.15) is 0 Å². The van der Waals surface area contributed by atoms with Crippen LogP contribution in [0.4, 0.5) is 0 Å². The van der Waals surface area contributed by atoms with Gasteiger partial charge in [-0.3, -0.25) is 9.78 Å². The average molecular weight is 171 g/mol. The van der Waals surface area contributed by atoms with E-state index in [2.05, 4.69) is 4.98 Å². The minimum Gasteiger partial charge on any atom is -0.298 e. The summed E-state index contributed by atoms with van der Waals surface area (Å²) < 4.78 is 0. The van der Waals surface area contributed by atoms with Crippen LogP contribution in [0, 0.1) is 6.92 Å². The number of aromatic nitrogens is 1. The monoisotopic (exact) mass is 171 g/mol. The molecule has 0 saturated heterocycles. The summed E-state index contributed by atoms with van der Waals surface area (Å²) in [6.45, 7) is 1.92. The van der Waals surface area contributed by atoms with E-state index in [1.807, 2.05) is 31.2 Å². The molecule has 2 heteroatoms. The molecule has 0 amide bonds. The van der Waals surface area contributed by atoms with Crippen LogP contribution in [0.5, 0.6) is 0 Å². The molecule has 1 aromatic carbocycles. The topological polar surface area (TPSA) is 30.0 Å². The maximum absolute atomic E-state index is 10.7. The fourth-order valence-corrected chi connectivity index (χ4v) is 1.40. The SMILES string of the molecule is Cc1cc2c(C=O)cccc2cn1. The van der Waals surface area contributed by atoms with Crippen molar-refractivity contribution in [2.24, 2.45) is 0 Å². The lowest BCUT2D eigenvalue weighted by molar-refractivity contribution is 0.112. The quantitative estimate of drug-likeness (QED) is 0.616. The van der Waals surface area contributed by atoms with Gasteiger partial charge in [0.05, 0.1) is 0 Å². The predicted octanol–water partition coefficient (Wildman–Crippen LogP) is 2.36. The van der Waals surface area contributed by atoms with Crippen molar-refractivity contribution in [2.45, 2.75) is 6.92 Å². The number of carbonyl (C=O) groups excluding carboxylic acids is 1. The molecule has 13 heavy (non-hydrogen) atoms. The van der Waals surface area contributed by atoms with E-state index in [9.17, 15) is 4.79 Å². The number of rotatable bonds is 1. The van der Waals surface area contributed by atoms with Crippen molar-refractivity contribution in [2.75, 3.05) is 0 Å². The van der Waals surface area contributed by atoms with Crippen LogP contribution in [0.25, 0.3) is 10.8 Å². The van der Waals surface area contributed by atoms with Crippen molar-refractivity contribution >= 4 is 17.1 Å². The van der Waals surface area contributed by atoms with E-state index in [1.54, 1.807) is 6.20 Å². The van der Waals surface area contributed by atoms with Crippen LogP contribution in [0.1, 0.15) is 16.1 Å². The molecule has 0 N–H and O–H groups in total. The summed E-state index contributed by atoms with van der Waals surface area (Å²) in [5, 5.41) is 1.99. The number of aldehydes is 1. The number of nitrogens with zero attached hydrogens (tertiary/aromatic N) is 1. The Bertz CT molecular complexity index is 463. The van der Waals surface area contributed by atoms with Crippen molar-refractivity contribution in [3.63, 3.8) is 0 Å². The number of benzene rings is 1. The molecular formula is C11H9NO. The normalized spacial score (nSPS) is 10.2. The number of carbonyl (C=O) groups is 1. The van der Waals surface area contributed by atoms with Gasteiger partial charge >= 0.3 is 0 Å². The van der Waals surface area contributed by atoms with Gasteiger partial charge in [0.25, 0.3) is 0 Å². The van der Waals surface area contributed by atoms with E-state index in [1.165, 1.54) is 0 Å². The minimum absolute atomic E-state index is 0.725. The van der Waals surface area contributed by atoms with E-state index in [0.717, 1.165) is 28.3 Å². The lowest BCUT2D eigenvalue weighted by Crippen LogP contribution is -1.86. The van der Waals surface area contributed by atoms with Gasteiger partial charge in [-0.1, -0.05) is 18.2 Å². The number of aryl methyl sites for hydroxylation is 1. The van der Waals surface area contributed by atoms with Crippen LogP contribution in [0.15, 0.2) is 30.5 Å². The average Bonchev–Trinajstić information content (AvgIpc) is 2.17. The number of pyridine rings is 1. The first-order valence-corrected chi connectivity index (χ1v) is 4.12. The van der Waals surface area contributed by atoms with Gasteiger partial charge < -0.3 is 0 Å². The van der Waals surface area contributed by atoms with Crippen LogP contribution >= 0.6 is 0 Å². The number of fused-ring (bicyclic) bond motifs is 1. The van der Waals surface area contributed by atoms with Crippen molar-refractivity contribution in [3.05, 3.63) is 41.7 Å². The van der Waals surface area contributed by atoms with Crippen molar-refractivity contribution in [3.8, 4) is 0 Å². The van der Waals surface area contributed by atoms with Crippen LogP contribution in [-0.4, -0.2) is 11.3 Å². The molecule has 0 aliphatic carbocycles. The molecule has 0 atom stereocenters. The maximum Gasteiger partial charge on any atom is 0.150 e. The first-order valence-electron chi connectivity index (χ1n) is 4.12. The highest BCUT2D eigenvalue weighted by Gasteiger charge is 1.99. The minimum atomic E-state index is 0.725. The van der Waals surface area contributed by atoms with E-state index in [0.29, 0.717) is 0 Å². The molecule has 64 valence electrons. The molecule has 0 unspecified atom stereocenters. The molecule has 0 aliphatic rings. The Balaban J connectivity index is 2.86. The molecule has 1 heterocycles. The molecule has 0 fully saturated rings. The Morgan fingerprint density at radius 1 is 1.38 bits per heavy atom. The summed E-state index contributed by atoms with van der Waals surface area (Å²) in [6, 6.07) is 7.56. The third-order valence-corrected chi connectivity index (χ3v) is 2.06. The Kier molecular flexibility index (Phi) is 1.81. The summed E-state index contributed by atoms with van der Waals surface area (Å²) in [5.74, 6) is 0. The number of hydrogen-bond acceptors (Lipinski definition) is 2. The van der Waals surface area contributed by atoms with Gasteiger partial charge in [-0.2, -0.15) is 0 Å². The maximum atomic E-state index is 10.7. The van der Waals surface area contributed by atoms with Gasteiger partial charge in [-0.15, -0.1) is 0 Å². The fraction of sp³-hybridized carbons (Fsp3) is 0.0909. The Hall–Kier alpha value is -1.70. The Labute approximate surface area is 76.2 Å². The van der Waals surface area contributed by atoms with Gasteiger partial charge in [-0.25, -0.2) is 0 Å². The Morgan fingerprint density at radius 3 is 3.00 bits per heavy atom. The smallest absolute Gasteiger partial charge is 0.150 e. The van der Waals surface area contributed by atoms with Gasteiger partial charge in [0.2, 0.25) is 0 Å². The first-order chi connectivity index (χ1) is 6.31. The highest BCUT2D eigenvalue weighted by atomic mass is 16.1. The highest BCUT2D eigenvalue weighted by Crippen LogP contribution is 2.16. The van der Waals surface area contributed by atoms with Gasteiger partial charge in [0, 0.05) is 22.8 Å². The third kappa shape index (κ3) is 1.31. The van der Waals surface area contributed by atoms with E-state index < -0.39 is 0 Å². The molecule has 2 rings (SSSR count). The fourth-order valence-electron chi connectivity index (χ4n) is 1.40. The summed E-state index contributed by atoms with van der Waals surface area (Å²) in [7, 11) is 0. The van der Waals surface area contributed by atoms with E-state index in [4.69, 9.17) is 0 Å². The second-order valence-corrected chi connectivity index (χ2v) is 3.01. The highest BCUT2D eigenvalue weighted by molar-refractivity contribution is 5.97. The summed E-state index contributed by atoms with van der Waals surface area (Å²) >= 11 is 0. The van der Waals surface area contributed by atoms with Crippen molar-refractivity contribution in [1.29, 1.82) is 0 Å². The van der Waals surface area contributed by atoms with Gasteiger partial charge in [0.15, 0.2) is 6.29 Å². The van der Waals surface area contributed by atoms with E-state index >= 15 is 0 Å². The molecule has 2 aromatic rings. The largest absolute Gasteiger partial charge is 0.298 e. The summed E-state index contributed by atoms with van der Waals surface area (Å²) in [4.78, 5) is 14.9. The molecule has 0 saturated carbocycles. The van der Waals surface area contributed by atoms with Crippen LogP contribution in [-0.2, 0) is 0 Å². The zero-order valence-electron chi connectivity index (χ0n) is 7.32. The molecule has 0 radical (unpaired) electrons. The van der Waals surface area contributed by atoms with Crippen LogP contribution in [0.3, 0.4) is 0 Å². The standard InChI is InChI=1S/C11H9NO/c1-8-5-11-9(6-12-8)3-2-4-10(11)7-13/h2-7H,1H3. The van der Waals surface area contributed by atoms with Crippen LogP contribution in [0.2, 0.25) is 0 Å². The molecule has 2 nitrogen and oxygen atoms in total. The van der Waals surface area contributed by atoms with E-state index in [-0.39, 0.29) is 0 Å². The molecule has 0 bridgehead atoms. The third-order valence-electron chi connectivity index (χ3n) is 2.06. The van der Waals surface area contributed by atoms with Crippen molar-refractivity contribution < 1.29 is 4.79 Å². The Morgan fingerprint density at radius 2 is 2.23 bits per heavy atom. The zero-order valence-corrected chi connectivity index (χ0v) is 7.32. The molecular weight excluding hydrogens is 162 g/mol. The van der Waals surface area contributed by atoms with Crippen molar-refractivity contribution in [1.82, 2.24) is 4.98 Å². The molecule has 1 aromatic heterocycles. The lowest BCUT2D eigenvalue weighted by Gasteiger charge is -2.00. The van der Waals surface area contributed by atoms with Gasteiger partial charge in [-0.05, 0) is 18.4 Å². The zero-order chi connectivity index (χ0) is 9.26. The number of hydrogen-bond donors (Lipinski definition) is 0. The predicted molar refractivity (Wildman–Crippen MR) is 51.9 cm³/mol. The molecule has 0 spiro atoms. The summed E-state index contributed by atoms with van der Waals surface area (Å²) in [6.07, 6.45) is 2.67. The summed E-state index contributed by atoms with van der Waals surface area (Å²) in [5.41, 5.74) is 1.66. The molecule has 0 aliphatic heterocycles.